The van der Waals surface area contributed by atoms with Crippen molar-refractivity contribution >= 4 is 30.2 Å². The Morgan fingerprint density at radius 3 is 2.58 bits per heavy atom. The fraction of sp³-hybridized carbons (Fsp3) is 0. The number of hydrogen-bond donors (Lipinski definition) is 0. The molecule has 1 aromatic carbocycles. The van der Waals surface area contributed by atoms with Gasteiger partial charge in [-0.2, -0.15) is 0 Å². The zero-order chi connectivity index (χ0) is 13.2. The number of hydrogen-bond acceptors (Lipinski definition) is 4. The summed E-state index contributed by atoms with van der Waals surface area (Å²) < 4.78 is 0. The van der Waals surface area contributed by atoms with Crippen LogP contribution in [0.2, 0.25) is 0 Å². The number of benzene rings is 1. The van der Waals surface area contributed by atoms with E-state index < -0.39 is 0 Å². The molecule has 0 saturated heterocycles. The zero-order valence-electron chi connectivity index (χ0n) is 10.1. The van der Waals surface area contributed by atoms with E-state index in [0.717, 1.165) is 11.1 Å². The zero-order valence-corrected chi connectivity index (χ0v) is 10.1. The summed E-state index contributed by atoms with van der Waals surface area (Å²) >= 11 is 0. The maximum absolute atomic E-state index is 5.60. The summed E-state index contributed by atoms with van der Waals surface area (Å²) in [6.07, 6.45) is 3.11. The van der Waals surface area contributed by atoms with Crippen LogP contribution in [0.1, 0.15) is 11.4 Å². The minimum atomic E-state index is 0.336. The lowest BCUT2D eigenvalue weighted by Gasteiger charge is -2.05. The largest absolute Gasteiger partial charge is 0.250 e. The molecule has 2 radical (unpaired) electrons. The molecule has 3 rings (SSSR count). The monoisotopic (exact) mass is 244 g/mol. The molecule has 19 heavy (non-hydrogen) atoms. The standard InChI is InChI=1S/C14H9BN4/c1-9(10-5-3-2-4-6-10)13-17-7-11-14(19-13)18-12(15)8-16-11/h2-8H,1H2. The van der Waals surface area contributed by atoms with E-state index >= 15 is 0 Å². The average Bonchev–Trinajstić information content (AvgIpc) is 2.46. The van der Waals surface area contributed by atoms with Crippen LogP contribution in [0.15, 0.2) is 49.3 Å². The fourth-order valence-corrected chi connectivity index (χ4v) is 1.74. The Balaban J connectivity index is 2.08. The van der Waals surface area contributed by atoms with E-state index in [9.17, 15) is 0 Å². The first-order valence-electron chi connectivity index (χ1n) is 5.74. The van der Waals surface area contributed by atoms with Crippen molar-refractivity contribution in [2.24, 2.45) is 0 Å². The Labute approximate surface area is 111 Å². The minimum absolute atomic E-state index is 0.336. The molecule has 4 nitrogen and oxygen atoms in total. The third kappa shape index (κ3) is 2.22. The normalized spacial score (nSPS) is 10.5. The van der Waals surface area contributed by atoms with Crippen LogP contribution >= 0.6 is 0 Å². The quantitative estimate of drug-likeness (QED) is 0.637. The Hall–Kier alpha value is -2.56. The summed E-state index contributed by atoms with van der Waals surface area (Å²) in [6, 6.07) is 9.75. The Morgan fingerprint density at radius 2 is 1.79 bits per heavy atom. The number of nitrogens with zero attached hydrogens (tertiary/aromatic N) is 4. The van der Waals surface area contributed by atoms with E-state index in [1.807, 2.05) is 30.3 Å². The Morgan fingerprint density at radius 1 is 1.00 bits per heavy atom. The highest BCUT2D eigenvalue weighted by Crippen LogP contribution is 2.18. The van der Waals surface area contributed by atoms with Crippen molar-refractivity contribution in [2.75, 3.05) is 0 Å². The summed E-state index contributed by atoms with van der Waals surface area (Å²) in [5.41, 5.74) is 3.13. The molecule has 0 atom stereocenters. The van der Waals surface area contributed by atoms with Gasteiger partial charge in [0.15, 0.2) is 11.5 Å². The van der Waals surface area contributed by atoms with Gasteiger partial charge in [-0.3, -0.25) is 4.98 Å². The molecule has 0 bridgehead atoms. The first kappa shape index (κ1) is 11.5. The van der Waals surface area contributed by atoms with Gasteiger partial charge in [0.1, 0.15) is 13.4 Å². The molecule has 2 heterocycles. The van der Waals surface area contributed by atoms with Gasteiger partial charge in [-0.15, -0.1) is 0 Å². The lowest BCUT2D eigenvalue weighted by atomic mass is 10.1. The second-order valence-corrected chi connectivity index (χ2v) is 4.04. The van der Waals surface area contributed by atoms with E-state index in [0.29, 0.717) is 22.6 Å². The molecule has 5 heteroatoms. The summed E-state index contributed by atoms with van der Waals surface area (Å²) in [4.78, 5) is 16.9. The summed E-state index contributed by atoms with van der Waals surface area (Å²) in [5.74, 6) is 0.526. The number of rotatable bonds is 2. The van der Waals surface area contributed by atoms with Crippen molar-refractivity contribution in [2.45, 2.75) is 0 Å². The molecule has 0 unspecified atom stereocenters. The third-order valence-electron chi connectivity index (χ3n) is 2.71. The molecule has 2 aromatic heterocycles. The van der Waals surface area contributed by atoms with Crippen LogP contribution in [0.3, 0.4) is 0 Å². The Bertz CT molecular complexity index is 756. The van der Waals surface area contributed by atoms with Gasteiger partial charge < -0.3 is 0 Å². The highest BCUT2D eigenvalue weighted by atomic mass is 15.0. The van der Waals surface area contributed by atoms with Crippen molar-refractivity contribution in [3.05, 3.63) is 60.7 Å². The summed E-state index contributed by atoms with van der Waals surface area (Å²) in [7, 11) is 5.60. The lowest BCUT2D eigenvalue weighted by molar-refractivity contribution is 1.12. The van der Waals surface area contributed by atoms with Gasteiger partial charge in [0, 0.05) is 17.4 Å². The third-order valence-corrected chi connectivity index (χ3v) is 2.71. The smallest absolute Gasteiger partial charge is 0.181 e. The molecule has 0 aliphatic carbocycles. The molecule has 0 amide bonds. The molecule has 0 saturated carbocycles. The highest BCUT2D eigenvalue weighted by Gasteiger charge is 2.07. The van der Waals surface area contributed by atoms with Gasteiger partial charge in [0.2, 0.25) is 0 Å². The summed E-state index contributed by atoms with van der Waals surface area (Å²) in [5, 5.41) is 0. The van der Waals surface area contributed by atoms with Gasteiger partial charge in [0.25, 0.3) is 0 Å². The number of aromatic nitrogens is 4. The van der Waals surface area contributed by atoms with Crippen LogP contribution in [-0.2, 0) is 0 Å². The number of fused-ring (bicyclic) bond motifs is 1. The van der Waals surface area contributed by atoms with Crippen molar-refractivity contribution in [3.8, 4) is 0 Å². The molecule has 88 valence electrons. The maximum atomic E-state index is 5.60. The van der Waals surface area contributed by atoms with Crippen molar-refractivity contribution < 1.29 is 0 Å². The van der Waals surface area contributed by atoms with Gasteiger partial charge in [-0.05, 0) is 5.56 Å². The maximum Gasteiger partial charge on any atom is 0.181 e. The first-order valence-corrected chi connectivity index (χ1v) is 5.74. The van der Waals surface area contributed by atoms with Crippen LogP contribution in [0.25, 0.3) is 16.7 Å². The summed E-state index contributed by atoms with van der Waals surface area (Å²) in [6.45, 7) is 4.02. The molecule has 3 aromatic rings. The predicted molar refractivity (Wildman–Crippen MR) is 75.1 cm³/mol. The van der Waals surface area contributed by atoms with E-state index in [4.69, 9.17) is 7.85 Å². The van der Waals surface area contributed by atoms with Gasteiger partial charge >= 0.3 is 0 Å². The molecule has 0 spiro atoms. The molecular weight excluding hydrogens is 235 g/mol. The van der Waals surface area contributed by atoms with Crippen LogP contribution in [0.5, 0.6) is 0 Å². The Kier molecular flexibility index (Phi) is 2.80. The van der Waals surface area contributed by atoms with E-state index in [1.165, 1.54) is 6.20 Å². The van der Waals surface area contributed by atoms with E-state index in [-0.39, 0.29) is 0 Å². The molecular formula is C14H9BN4. The van der Waals surface area contributed by atoms with Crippen LogP contribution in [0, 0.1) is 0 Å². The lowest BCUT2D eigenvalue weighted by Crippen LogP contribution is -2.10. The van der Waals surface area contributed by atoms with Crippen LogP contribution in [0.4, 0.5) is 0 Å². The van der Waals surface area contributed by atoms with Crippen LogP contribution in [-0.4, -0.2) is 27.8 Å². The topological polar surface area (TPSA) is 51.6 Å². The van der Waals surface area contributed by atoms with E-state index in [2.05, 4.69) is 26.5 Å². The second-order valence-electron chi connectivity index (χ2n) is 4.04. The van der Waals surface area contributed by atoms with Crippen LogP contribution < -0.4 is 5.59 Å². The fourth-order valence-electron chi connectivity index (χ4n) is 1.74. The molecule has 0 N–H and O–H groups in total. The van der Waals surface area contributed by atoms with Gasteiger partial charge in [0.05, 0.1) is 6.20 Å². The SMILES string of the molecule is [B]c1cnc2cnc(C(=C)c3ccccc3)nc2n1. The average molecular weight is 244 g/mol. The van der Waals surface area contributed by atoms with Gasteiger partial charge in [-0.1, -0.05) is 36.9 Å². The molecule has 0 fully saturated rings. The molecule has 0 aliphatic rings. The second kappa shape index (κ2) is 4.61. The van der Waals surface area contributed by atoms with Crippen molar-refractivity contribution in [1.29, 1.82) is 0 Å². The predicted octanol–water partition coefficient (Wildman–Crippen LogP) is 1.28. The minimum Gasteiger partial charge on any atom is -0.250 e. The van der Waals surface area contributed by atoms with Crippen molar-refractivity contribution in [3.63, 3.8) is 0 Å². The van der Waals surface area contributed by atoms with E-state index in [1.54, 1.807) is 6.20 Å². The van der Waals surface area contributed by atoms with Gasteiger partial charge in [-0.25, -0.2) is 15.0 Å². The van der Waals surface area contributed by atoms with Crippen molar-refractivity contribution in [1.82, 2.24) is 19.9 Å². The molecule has 0 aliphatic heterocycles. The highest BCUT2D eigenvalue weighted by molar-refractivity contribution is 6.30. The first-order chi connectivity index (χ1) is 9.24.